The Morgan fingerprint density at radius 1 is 1.47 bits per heavy atom. The highest BCUT2D eigenvalue weighted by Gasteiger charge is 2.08. The molecule has 2 aromatic rings. The molecule has 8 heteroatoms. The third kappa shape index (κ3) is 3.66. The molecule has 0 atom stereocenters. The standard InChI is InChI=1S/C11H12FN5O2/c1-2-19-11-15-9(16-17-11)14-10(18)13-8-5-3-4-7(12)6-8/h3-6H,2H2,1H3,(H3,13,14,15,16,17,18). The molecular formula is C11H12FN5O2. The Morgan fingerprint density at radius 2 is 2.32 bits per heavy atom. The van der Waals surface area contributed by atoms with Crippen LogP contribution < -0.4 is 15.4 Å². The molecule has 0 bridgehead atoms. The SMILES string of the molecule is CCOc1n[nH]c(NC(=O)Nc2cccc(F)c2)n1. The molecule has 19 heavy (non-hydrogen) atoms. The summed E-state index contributed by atoms with van der Waals surface area (Å²) in [7, 11) is 0. The highest BCUT2D eigenvalue weighted by atomic mass is 19.1. The maximum atomic E-state index is 12.9. The lowest BCUT2D eigenvalue weighted by molar-refractivity contribution is 0.262. The summed E-state index contributed by atoms with van der Waals surface area (Å²) in [4.78, 5) is 15.5. The first-order valence-corrected chi connectivity index (χ1v) is 5.56. The largest absolute Gasteiger partial charge is 0.463 e. The fourth-order valence-corrected chi connectivity index (χ4v) is 1.33. The van der Waals surface area contributed by atoms with Crippen molar-refractivity contribution in [2.75, 3.05) is 17.2 Å². The molecule has 0 saturated heterocycles. The Balaban J connectivity index is 1.93. The normalized spacial score (nSPS) is 10.0. The molecular weight excluding hydrogens is 253 g/mol. The number of nitrogens with one attached hydrogen (secondary N) is 3. The number of hydrogen-bond acceptors (Lipinski definition) is 4. The van der Waals surface area contributed by atoms with Gasteiger partial charge in [-0.15, -0.1) is 5.10 Å². The average Bonchev–Trinajstić information content (AvgIpc) is 2.77. The molecule has 0 fully saturated rings. The Morgan fingerprint density at radius 3 is 3.05 bits per heavy atom. The first-order chi connectivity index (χ1) is 9.17. The lowest BCUT2D eigenvalue weighted by atomic mass is 10.3. The Kier molecular flexibility index (Phi) is 3.91. The van der Waals surface area contributed by atoms with Crippen molar-refractivity contribution in [2.24, 2.45) is 0 Å². The molecule has 1 aromatic carbocycles. The van der Waals surface area contributed by atoms with Gasteiger partial charge in [0.05, 0.1) is 6.61 Å². The van der Waals surface area contributed by atoms with Gasteiger partial charge in [0.25, 0.3) is 0 Å². The highest BCUT2D eigenvalue weighted by molar-refractivity contribution is 5.98. The molecule has 0 aliphatic carbocycles. The number of rotatable bonds is 4. The summed E-state index contributed by atoms with van der Waals surface area (Å²) in [6.07, 6.45) is 0. The highest BCUT2D eigenvalue weighted by Crippen LogP contribution is 2.10. The van der Waals surface area contributed by atoms with Crippen LogP contribution in [0.25, 0.3) is 0 Å². The number of aromatic amines is 1. The number of hydrogen-bond donors (Lipinski definition) is 3. The van der Waals surface area contributed by atoms with Crippen LogP contribution >= 0.6 is 0 Å². The molecule has 0 saturated carbocycles. The van der Waals surface area contributed by atoms with Gasteiger partial charge in [0.1, 0.15) is 5.82 Å². The molecule has 3 N–H and O–H groups in total. The second-order valence-corrected chi connectivity index (χ2v) is 3.49. The summed E-state index contributed by atoms with van der Waals surface area (Å²) in [5.74, 6) is -0.298. The summed E-state index contributed by atoms with van der Waals surface area (Å²) in [6.45, 7) is 2.22. The van der Waals surface area contributed by atoms with Crippen LogP contribution in [0.2, 0.25) is 0 Å². The Hall–Kier alpha value is -2.64. The number of ether oxygens (including phenoxy) is 1. The predicted octanol–water partition coefficient (Wildman–Crippen LogP) is 1.99. The zero-order chi connectivity index (χ0) is 13.7. The zero-order valence-electron chi connectivity index (χ0n) is 10.1. The number of nitrogens with zero attached hydrogens (tertiary/aromatic N) is 2. The van der Waals surface area contributed by atoms with Gasteiger partial charge >= 0.3 is 12.0 Å². The van der Waals surface area contributed by atoms with E-state index in [1.54, 1.807) is 13.0 Å². The van der Waals surface area contributed by atoms with E-state index in [0.717, 1.165) is 0 Å². The van der Waals surface area contributed by atoms with E-state index in [1.165, 1.54) is 18.2 Å². The number of halogens is 1. The van der Waals surface area contributed by atoms with Crippen molar-refractivity contribution >= 4 is 17.7 Å². The van der Waals surface area contributed by atoms with Crippen molar-refractivity contribution in [1.82, 2.24) is 15.2 Å². The van der Waals surface area contributed by atoms with Crippen LogP contribution in [0, 0.1) is 5.82 Å². The van der Waals surface area contributed by atoms with Gasteiger partial charge in [0.2, 0.25) is 5.95 Å². The summed E-state index contributed by atoms with van der Waals surface area (Å²) in [6, 6.07) is 5.12. The first kappa shape index (κ1) is 12.8. The molecule has 1 aromatic heterocycles. The van der Waals surface area contributed by atoms with Gasteiger partial charge in [0.15, 0.2) is 0 Å². The lowest BCUT2D eigenvalue weighted by Crippen LogP contribution is -2.20. The second-order valence-electron chi connectivity index (χ2n) is 3.49. The van der Waals surface area contributed by atoms with E-state index in [0.29, 0.717) is 12.3 Å². The van der Waals surface area contributed by atoms with Crippen molar-refractivity contribution in [3.8, 4) is 6.01 Å². The fourth-order valence-electron chi connectivity index (χ4n) is 1.33. The van der Waals surface area contributed by atoms with E-state index in [1.807, 2.05) is 0 Å². The van der Waals surface area contributed by atoms with E-state index >= 15 is 0 Å². The van der Waals surface area contributed by atoms with Crippen molar-refractivity contribution < 1.29 is 13.9 Å². The van der Waals surface area contributed by atoms with Gasteiger partial charge in [0, 0.05) is 5.69 Å². The van der Waals surface area contributed by atoms with Crippen molar-refractivity contribution in [3.63, 3.8) is 0 Å². The van der Waals surface area contributed by atoms with Crippen LogP contribution in [0.1, 0.15) is 6.92 Å². The van der Waals surface area contributed by atoms with E-state index in [9.17, 15) is 9.18 Å². The van der Waals surface area contributed by atoms with Crippen molar-refractivity contribution in [2.45, 2.75) is 6.92 Å². The van der Waals surface area contributed by atoms with Gasteiger partial charge in [-0.05, 0) is 25.1 Å². The molecule has 2 rings (SSSR count). The van der Waals surface area contributed by atoms with Gasteiger partial charge in [-0.2, -0.15) is 4.98 Å². The van der Waals surface area contributed by atoms with Crippen LogP contribution in [0.5, 0.6) is 6.01 Å². The lowest BCUT2D eigenvalue weighted by Gasteiger charge is -2.04. The number of aromatic nitrogens is 3. The topological polar surface area (TPSA) is 91.9 Å². The number of benzene rings is 1. The quantitative estimate of drug-likeness (QED) is 0.788. The third-order valence-corrected chi connectivity index (χ3v) is 2.05. The summed E-state index contributed by atoms with van der Waals surface area (Å²) in [5, 5.41) is 11.1. The predicted molar refractivity (Wildman–Crippen MR) is 66.6 cm³/mol. The molecule has 7 nitrogen and oxygen atoms in total. The summed E-state index contributed by atoms with van der Waals surface area (Å²) < 4.78 is 17.9. The number of carbonyl (C=O) groups excluding carboxylic acids is 1. The number of anilines is 2. The second kappa shape index (κ2) is 5.80. The first-order valence-electron chi connectivity index (χ1n) is 5.56. The van der Waals surface area contributed by atoms with Crippen molar-refractivity contribution in [3.05, 3.63) is 30.1 Å². The van der Waals surface area contributed by atoms with Crippen LogP contribution in [-0.2, 0) is 0 Å². The number of urea groups is 1. The maximum Gasteiger partial charge on any atom is 0.337 e. The number of amides is 2. The van der Waals surface area contributed by atoms with Crippen LogP contribution in [0.15, 0.2) is 24.3 Å². The number of H-pyrrole nitrogens is 1. The molecule has 1 heterocycles. The Labute approximate surface area is 108 Å². The van der Waals surface area contributed by atoms with Crippen LogP contribution in [0.4, 0.5) is 20.8 Å². The molecule has 2 amide bonds. The Bertz CT molecular complexity index is 572. The minimum absolute atomic E-state index is 0.136. The van der Waals surface area contributed by atoms with E-state index in [2.05, 4.69) is 25.8 Å². The van der Waals surface area contributed by atoms with E-state index < -0.39 is 11.8 Å². The van der Waals surface area contributed by atoms with Crippen LogP contribution in [0.3, 0.4) is 0 Å². The van der Waals surface area contributed by atoms with Crippen LogP contribution in [-0.4, -0.2) is 27.8 Å². The molecule has 0 radical (unpaired) electrons. The van der Waals surface area contributed by atoms with Gasteiger partial charge in [-0.1, -0.05) is 6.07 Å². The van der Waals surface area contributed by atoms with Gasteiger partial charge in [-0.3, -0.25) is 5.32 Å². The molecule has 0 spiro atoms. The van der Waals surface area contributed by atoms with E-state index in [-0.39, 0.29) is 12.0 Å². The average molecular weight is 265 g/mol. The minimum atomic E-state index is -0.565. The summed E-state index contributed by atoms with van der Waals surface area (Å²) >= 11 is 0. The molecule has 100 valence electrons. The summed E-state index contributed by atoms with van der Waals surface area (Å²) in [5.41, 5.74) is 0.335. The minimum Gasteiger partial charge on any atom is -0.463 e. The molecule has 0 aliphatic heterocycles. The van der Waals surface area contributed by atoms with Crippen molar-refractivity contribution in [1.29, 1.82) is 0 Å². The van der Waals surface area contributed by atoms with Gasteiger partial charge < -0.3 is 10.1 Å². The monoisotopic (exact) mass is 265 g/mol. The fraction of sp³-hybridized carbons (Fsp3) is 0.182. The van der Waals surface area contributed by atoms with E-state index in [4.69, 9.17) is 4.74 Å². The molecule has 0 unspecified atom stereocenters. The smallest absolute Gasteiger partial charge is 0.337 e. The van der Waals surface area contributed by atoms with Gasteiger partial charge in [-0.25, -0.2) is 14.3 Å². The zero-order valence-corrected chi connectivity index (χ0v) is 10.1. The third-order valence-electron chi connectivity index (χ3n) is 2.05. The maximum absolute atomic E-state index is 12.9. The molecule has 0 aliphatic rings. The number of carbonyl (C=O) groups is 1.